The molecule has 2 radical (unpaired) electrons. The Labute approximate surface area is 56.8 Å². The summed E-state index contributed by atoms with van der Waals surface area (Å²) in [5.74, 6) is 0. The molecule has 0 atom stereocenters. The second-order valence-corrected chi connectivity index (χ2v) is 2.40. The molecule has 1 saturated heterocycles. The van der Waals surface area contributed by atoms with Crippen LogP contribution in [-0.2, 0) is 0 Å². The Balaban J connectivity index is 2.44. The van der Waals surface area contributed by atoms with Crippen molar-refractivity contribution >= 4 is 0 Å². The first-order valence-corrected chi connectivity index (χ1v) is 3.09. The van der Waals surface area contributed by atoms with Crippen LogP contribution in [0.15, 0.2) is 12.3 Å². The summed E-state index contributed by atoms with van der Waals surface area (Å²) < 4.78 is 0. The van der Waals surface area contributed by atoms with Gasteiger partial charge in [0.05, 0.1) is 0 Å². The van der Waals surface area contributed by atoms with Crippen LogP contribution in [0.1, 0.15) is 6.42 Å². The number of hydrogen-bond acceptors (Lipinski definition) is 2. The summed E-state index contributed by atoms with van der Waals surface area (Å²) in [5.41, 5.74) is 1.15. The van der Waals surface area contributed by atoms with E-state index in [0.717, 1.165) is 18.7 Å². The highest BCUT2D eigenvalue weighted by atomic mass is 15.3. The van der Waals surface area contributed by atoms with Crippen LogP contribution >= 0.6 is 0 Å². The smallest absolute Gasteiger partial charge is 0.176 e. The quantitative estimate of drug-likeness (QED) is 0.470. The molecule has 1 aliphatic rings. The van der Waals surface area contributed by atoms with Crippen LogP contribution in [-0.4, -0.2) is 30.4 Å². The summed E-state index contributed by atoms with van der Waals surface area (Å²) in [5, 5.41) is 0. The second-order valence-electron chi connectivity index (χ2n) is 2.40. The molecule has 0 bridgehead atoms. The van der Waals surface area contributed by atoms with Crippen LogP contribution in [0.4, 0.5) is 0 Å². The van der Waals surface area contributed by atoms with Crippen LogP contribution in [0.25, 0.3) is 0 Å². The maximum Gasteiger partial charge on any atom is 0.176 e. The molecule has 0 amide bonds. The molecule has 0 spiro atoms. The van der Waals surface area contributed by atoms with E-state index in [1.54, 1.807) is 0 Å². The van der Waals surface area contributed by atoms with E-state index in [1.165, 1.54) is 0 Å². The van der Waals surface area contributed by atoms with Crippen molar-refractivity contribution in [1.29, 1.82) is 0 Å². The van der Waals surface area contributed by atoms with E-state index in [-0.39, 0.29) is 0 Å². The molecule has 1 aliphatic heterocycles. The lowest BCUT2D eigenvalue weighted by Gasteiger charge is -2.31. The Morgan fingerprint density at radius 2 is 2.22 bits per heavy atom. The Morgan fingerprint density at radius 1 is 1.56 bits per heavy atom. The minimum atomic E-state index is 1.04. The van der Waals surface area contributed by atoms with Crippen LogP contribution in [0, 0.1) is 6.67 Å². The van der Waals surface area contributed by atoms with Crippen molar-refractivity contribution in [3.63, 3.8) is 0 Å². The molecule has 0 N–H and O–H groups in total. The fraction of sp³-hybridized carbons (Fsp3) is 0.571. The lowest BCUT2D eigenvalue weighted by molar-refractivity contribution is 0.244. The van der Waals surface area contributed by atoms with Crippen LogP contribution in [0.2, 0.25) is 0 Å². The predicted molar refractivity (Wildman–Crippen MR) is 37.4 cm³/mol. The number of hydrogen-bond donors (Lipinski definition) is 0. The Morgan fingerprint density at radius 3 is 2.67 bits per heavy atom. The first-order valence-electron chi connectivity index (χ1n) is 3.09. The van der Waals surface area contributed by atoms with E-state index in [9.17, 15) is 0 Å². The van der Waals surface area contributed by atoms with Crippen molar-refractivity contribution in [2.24, 2.45) is 0 Å². The molecule has 0 saturated carbocycles. The van der Waals surface area contributed by atoms with Gasteiger partial charge in [0.25, 0.3) is 0 Å². The van der Waals surface area contributed by atoms with Gasteiger partial charge in [-0.25, -0.2) is 0 Å². The average Bonchev–Trinajstić information content (AvgIpc) is 1.80. The third-order valence-corrected chi connectivity index (χ3v) is 1.53. The third-order valence-electron chi connectivity index (χ3n) is 1.53. The Kier molecular flexibility index (Phi) is 1.76. The summed E-state index contributed by atoms with van der Waals surface area (Å²) in [6, 6.07) is 0. The molecule has 0 aromatic rings. The monoisotopic (exact) mass is 124 g/mol. The van der Waals surface area contributed by atoms with Crippen molar-refractivity contribution in [2.45, 2.75) is 6.42 Å². The zero-order valence-corrected chi connectivity index (χ0v) is 6.02. The van der Waals surface area contributed by atoms with E-state index >= 15 is 0 Å². The number of rotatable bonds is 0. The fourth-order valence-corrected chi connectivity index (χ4v) is 0.841. The molecule has 9 heavy (non-hydrogen) atoms. The van der Waals surface area contributed by atoms with Gasteiger partial charge in [0.15, 0.2) is 6.67 Å². The summed E-state index contributed by atoms with van der Waals surface area (Å²) in [6.45, 7) is 8.01. The van der Waals surface area contributed by atoms with Gasteiger partial charge in [-0.05, 0) is 13.5 Å². The maximum atomic E-state index is 3.87. The summed E-state index contributed by atoms with van der Waals surface area (Å²) >= 11 is 0. The second kappa shape index (κ2) is 2.40. The van der Waals surface area contributed by atoms with E-state index in [4.69, 9.17) is 0 Å². The van der Waals surface area contributed by atoms with Crippen molar-refractivity contribution in [2.75, 3.05) is 20.6 Å². The predicted octanol–water partition coefficient (Wildman–Crippen LogP) is 0.764. The topological polar surface area (TPSA) is 6.48 Å². The zero-order valence-electron chi connectivity index (χ0n) is 6.02. The zero-order chi connectivity index (χ0) is 6.85. The lowest BCUT2D eigenvalue weighted by Crippen LogP contribution is -2.33. The molecule has 0 unspecified atom stereocenters. The van der Waals surface area contributed by atoms with Gasteiger partial charge in [-0.15, -0.1) is 0 Å². The van der Waals surface area contributed by atoms with Gasteiger partial charge in [-0.2, -0.15) is 0 Å². The van der Waals surface area contributed by atoms with Crippen LogP contribution in [0.3, 0.4) is 0 Å². The molecular weight excluding hydrogens is 112 g/mol. The summed E-state index contributed by atoms with van der Waals surface area (Å²) in [4.78, 5) is 3.97. The number of nitrogens with zero attached hydrogens (tertiary/aromatic N) is 2. The minimum Gasteiger partial charge on any atom is -0.354 e. The molecule has 0 aromatic heterocycles. The molecule has 1 heterocycles. The minimum absolute atomic E-state index is 1.04. The summed E-state index contributed by atoms with van der Waals surface area (Å²) in [7, 11) is 3.99. The highest BCUT2D eigenvalue weighted by Gasteiger charge is 2.13. The van der Waals surface area contributed by atoms with Crippen molar-refractivity contribution < 1.29 is 0 Å². The van der Waals surface area contributed by atoms with Crippen molar-refractivity contribution in [1.82, 2.24) is 9.80 Å². The molecule has 0 aromatic carbocycles. The summed E-state index contributed by atoms with van der Waals surface area (Å²) in [6.07, 6.45) is 1.06. The molecule has 1 fully saturated rings. The van der Waals surface area contributed by atoms with Gasteiger partial charge < -0.3 is 4.90 Å². The van der Waals surface area contributed by atoms with E-state index in [0.29, 0.717) is 0 Å². The van der Waals surface area contributed by atoms with Gasteiger partial charge in [0.1, 0.15) is 0 Å². The third kappa shape index (κ3) is 1.45. The van der Waals surface area contributed by atoms with Crippen molar-refractivity contribution in [3.05, 3.63) is 18.9 Å². The lowest BCUT2D eigenvalue weighted by atomic mass is 10.2. The Bertz CT molecular complexity index is 120. The molecule has 0 aliphatic carbocycles. The SMILES string of the molecule is C=C1CCN(C)[C]N1C. The van der Waals surface area contributed by atoms with E-state index in [2.05, 4.69) is 13.2 Å². The van der Waals surface area contributed by atoms with Gasteiger partial charge in [0.2, 0.25) is 0 Å². The standard InChI is InChI=1S/C7H12N2/c1-7-4-5-8(2)6-9(7)3/h1,4-5H2,2-3H3. The normalized spacial score (nSPS) is 22.9. The average molecular weight is 124 g/mol. The highest BCUT2D eigenvalue weighted by Crippen LogP contribution is 2.13. The van der Waals surface area contributed by atoms with E-state index in [1.807, 2.05) is 23.9 Å². The molecule has 1 rings (SSSR count). The first kappa shape index (κ1) is 6.62. The molecule has 2 heteroatoms. The maximum absolute atomic E-state index is 3.87. The molecule has 2 nitrogen and oxygen atoms in total. The van der Waals surface area contributed by atoms with Gasteiger partial charge in [-0.1, -0.05) is 6.58 Å². The Hall–Kier alpha value is -0.500. The molecule has 50 valence electrons. The molecular formula is C7H12N2. The van der Waals surface area contributed by atoms with E-state index < -0.39 is 0 Å². The van der Waals surface area contributed by atoms with Gasteiger partial charge >= 0.3 is 0 Å². The first-order chi connectivity index (χ1) is 4.20. The van der Waals surface area contributed by atoms with Gasteiger partial charge in [0, 0.05) is 19.3 Å². The highest BCUT2D eigenvalue weighted by molar-refractivity contribution is 4.99. The van der Waals surface area contributed by atoms with Crippen LogP contribution in [0.5, 0.6) is 0 Å². The fourth-order valence-electron chi connectivity index (χ4n) is 0.841. The van der Waals surface area contributed by atoms with Crippen molar-refractivity contribution in [3.8, 4) is 0 Å². The van der Waals surface area contributed by atoms with Gasteiger partial charge in [-0.3, -0.25) is 4.90 Å². The van der Waals surface area contributed by atoms with Crippen LogP contribution < -0.4 is 0 Å². The largest absolute Gasteiger partial charge is 0.354 e.